The monoisotopic (exact) mass is 475 g/mol. The molecule has 2 aromatic carbocycles. The molecule has 0 unspecified atom stereocenters. The van der Waals surface area contributed by atoms with Crippen LogP contribution in [0.5, 0.6) is 11.5 Å². The molecule has 0 spiro atoms. The molecule has 0 aliphatic carbocycles. The Bertz CT molecular complexity index is 1490. The molecule has 0 amide bonds. The number of nitrogens with zero attached hydrogens (tertiary/aromatic N) is 3. The van der Waals surface area contributed by atoms with Crippen molar-refractivity contribution >= 4 is 22.3 Å². The topological polar surface area (TPSA) is 100 Å². The first-order valence-electron chi connectivity index (χ1n) is 10.8. The Kier molecular flexibility index (Phi) is 6.09. The highest BCUT2D eigenvalue weighted by Gasteiger charge is 2.16. The van der Waals surface area contributed by atoms with E-state index in [0.29, 0.717) is 47.3 Å². The molecule has 0 saturated heterocycles. The lowest BCUT2D eigenvalue weighted by atomic mass is 10.1. The van der Waals surface area contributed by atoms with E-state index >= 15 is 0 Å². The van der Waals surface area contributed by atoms with Crippen LogP contribution in [0.3, 0.4) is 0 Å². The molecular formula is C25H21N3O5S. The standard InChI is InChI=1S/C25H21N3O5S/c1-3-11-31-17-9-7-15(8-10-17)24-27-21(33-28-24)13-22-26-19(14-34-22)18-12-16-5-4-6-20(30-2)23(16)32-25(18)29/h4-10,12,14H,3,11,13H2,1-2H3. The lowest BCUT2D eigenvalue weighted by molar-refractivity contribution is 0.317. The molecule has 5 aromatic rings. The summed E-state index contributed by atoms with van der Waals surface area (Å²) in [7, 11) is 1.54. The number of hydrogen-bond donors (Lipinski definition) is 0. The van der Waals surface area contributed by atoms with Crippen molar-refractivity contribution in [2.24, 2.45) is 0 Å². The quantitative estimate of drug-likeness (QED) is 0.277. The van der Waals surface area contributed by atoms with Gasteiger partial charge < -0.3 is 18.4 Å². The molecular weight excluding hydrogens is 454 g/mol. The number of para-hydroxylation sites is 1. The van der Waals surface area contributed by atoms with Gasteiger partial charge in [-0.05, 0) is 42.8 Å². The van der Waals surface area contributed by atoms with E-state index in [0.717, 1.165) is 28.1 Å². The summed E-state index contributed by atoms with van der Waals surface area (Å²) in [4.78, 5) is 21.7. The Hall–Kier alpha value is -3.98. The van der Waals surface area contributed by atoms with Gasteiger partial charge >= 0.3 is 5.63 Å². The van der Waals surface area contributed by atoms with E-state index in [9.17, 15) is 4.79 Å². The van der Waals surface area contributed by atoms with Gasteiger partial charge in [0, 0.05) is 16.3 Å². The van der Waals surface area contributed by atoms with Gasteiger partial charge in [-0.1, -0.05) is 24.2 Å². The van der Waals surface area contributed by atoms with Crippen LogP contribution in [-0.2, 0) is 6.42 Å². The average Bonchev–Trinajstić information content (AvgIpc) is 3.52. The van der Waals surface area contributed by atoms with Crippen molar-refractivity contribution in [1.82, 2.24) is 15.1 Å². The van der Waals surface area contributed by atoms with Crippen molar-refractivity contribution in [1.29, 1.82) is 0 Å². The molecule has 9 heteroatoms. The number of thiazole rings is 1. The second-order valence-corrected chi connectivity index (χ2v) is 8.46. The zero-order valence-electron chi connectivity index (χ0n) is 18.6. The van der Waals surface area contributed by atoms with Crippen LogP contribution in [0.15, 0.2) is 67.6 Å². The molecule has 8 nitrogen and oxygen atoms in total. The molecule has 0 N–H and O–H groups in total. The van der Waals surface area contributed by atoms with Crippen molar-refractivity contribution in [3.05, 3.63) is 75.2 Å². The number of ether oxygens (including phenoxy) is 2. The van der Waals surface area contributed by atoms with Crippen LogP contribution in [0.2, 0.25) is 0 Å². The molecule has 0 aliphatic heterocycles. The van der Waals surface area contributed by atoms with E-state index in [-0.39, 0.29) is 0 Å². The van der Waals surface area contributed by atoms with Crippen LogP contribution in [0.1, 0.15) is 24.2 Å². The average molecular weight is 476 g/mol. The second kappa shape index (κ2) is 9.48. The minimum Gasteiger partial charge on any atom is -0.494 e. The molecule has 172 valence electrons. The highest BCUT2D eigenvalue weighted by Crippen LogP contribution is 2.28. The van der Waals surface area contributed by atoms with Crippen LogP contribution < -0.4 is 15.1 Å². The van der Waals surface area contributed by atoms with E-state index in [1.54, 1.807) is 12.1 Å². The maximum Gasteiger partial charge on any atom is 0.345 e. The SMILES string of the molecule is CCCOc1ccc(-c2noc(Cc3nc(-c4cc5cccc(OC)c5oc4=O)cs3)n2)cc1. The van der Waals surface area contributed by atoms with E-state index < -0.39 is 5.63 Å². The van der Waals surface area contributed by atoms with E-state index in [1.165, 1.54) is 18.4 Å². The Morgan fingerprint density at radius 2 is 1.94 bits per heavy atom. The summed E-state index contributed by atoms with van der Waals surface area (Å²) in [5, 5.41) is 7.41. The van der Waals surface area contributed by atoms with Crippen molar-refractivity contribution < 1.29 is 18.4 Å². The molecule has 3 aromatic heterocycles. The maximum atomic E-state index is 12.6. The highest BCUT2D eigenvalue weighted by molar-refractivity contribution is 7.10. The van der Waals surface area contributed by atoms with E-state index in [2.05, 4.69) is 22.0 Å². The van der Waals surface area contributed by atoms with Crippen LogP contribution in [-0.4, -0.2) is 28.8 Å². The largest absolute Gasteiger partial charge is 0.494 e. The number of fused-ring (bicyclic) bond motifs is 1. The summed E-state index contributed by atoms with van der Waals surface area (Å²) in [6.07, 6.45) is 1.32. The van der Waals surface area contributed by atoms with E-state index in [1.807, 2.05) is 41.8 Å². The minimum absolute atomic E-state index is 0.363. The predicted octanol–water partition coefficient (Wildman–Crippen LogP) is 5.35. The van der Waals surface area contributed by atoms with Crippen molar-refractivity contribution in [2.45, 2.75) is 19.8 Å². The Morgan fingerprint density at radius 1 is 1.09 bits per heavy atom. The summed E-state index contributed by atoms with van der Waals surface area (Å²) in [6.45, 7) is 2.74. The highest BCUT2D eigenvalue weighted by atomic mass is 32.1. The minimum atomic E-state index is -0.472. The molecule has 0 aliphatic rings. The summed E-state index contributed by atoms with van der Waals surface area (Å²) < 4.78 is 21.8. The lowest BCUT2D eigenvalue weighted by Gasteiger charge is -2.04. The summed E-state index contributed by atoms with van der Waals surface area (Å²) in [5.41, 5.74) is 1.71. The van der Waals surface area contributed by atoms with Gasteiger partial charge in [-0.3, -0.25) is 0 Å². The van der Waals surface area contributed by atoms with Crippen LogP contribution in [0.4, 0.5) is 0 Å². The first-order chi connectivity index (χ1) is 16.6. The molecule has 5 rings (SSSR count). The third-order valence-electron chi connectivity index (χ3n) is 5.13. The molecule has 0 fully saturated rings. The molecule has 3 heterocycles. The first-order valence-corrected chi connectivity index (χ1v) is 11.6. The lowest BCUT2D eigenvalue weighted by Crippen LogP contribution is -2.03. The zero-order chi connectivity index (χ0) is 23.5. The molecule has 0 saturated carbocycles. The normalized spacial score (nSPS) is 11.1. The van der Waals surface area contributed by atoms with Gasteiger partial charge in [-0.25, -0.2) is 9.78 Å². The fourth-order valence-corrected chi connectivity index (χ4v) is 4.25. The van der Waals surface area contributed by atoms with Gasteiger partial charge in [-0.15, -0.1) is 11.3 Å². The summed E-state index contributed by atoms with van der Waals surface area (Å²) in [6, 6.07) is 14.8. The maximum absolute atomic E-state index is 12.6. The number of benzene rings is 2. The zero-order valence-corrected chi connectivity index (χ0v) is 19.4. The first kappa shape index (κ1) is 21.8. The second-order valence-electron chi connectivity index (χ2n) is 7.51. The molecule has 0 bridgehead atoms. The Labute approximate surface area is 198 Å². The van der Waals surface area contributed by atoms with Crippen molar-refractivity contribution in [3.8, 4) is 34.1 Å². The van der Waals surface area contributed by atoms with Gasteiger partial charge in [0.25, 0.3) is 0 Å². The number of rotatable bonds is 8. The molecule has 0 radical (unpaired) electrons. The summed E-state index contributed by atoms with van der Waals surface area (Å²) >= 11 is 1.41. The van der Waals surface area contributed by atoms with Gasteiger partial charge in [-0.2, -0.15) is 4.98 Å². The number of hydrogen-bond acceptors (Lipinski definition) is 9. The fraction of sp³-hybridized carbons (Fsp3) is 0.200. The third kappa shape index (κ3) is 4.42. The molecule has 0 atom stereocenters. The Balaban J connectivity index is 1.34. The third-order valence-corrected chi connectivity index (χ3v) is 5.98. The Morgan fingerprint density at radius 3 is 2.74 bits per heavy atom. The van der Waals surface area contributed by atoms with Crippen LogP contribution in [0.25, 0.3) is 33.6 Å². The smallest absolute Gasteiger partial charge is 0.345 e. The van der Waals surface area contributed by atoms with Gasteiger partial charge in [0.05, 0.1) is 31.4 Å². The fourth-order valence-electron chi connectivity index (χ4n) is 3.47. The number of aromatic nitrogens is 3. The van der Waals surface area contributed by atoms with Crippen molar-refractivity contribution in [2.75, 3.05) is 13.7 Å². The van der Waals surface area contributed by atoms with Crippen molar-refractivity contribution in [3.63, 3.8) is 0 Å². The van der Waals surface area contributed by atoms with Gasteiger partial charge in [0.1, 0.15) is 10.8 Å². The number of methoxy groups -OCH3 is 1. The predicted molar refractivity (Wildman–Crippen MR) is 128 cm³/mol. The summed E-state index contributed by atoms with van der Waals surface area (Å²) in [5.74, 6) is 2.26. The van der Waals surface area contributed by atoms with Gasteiger partial charge in [0.2, 0.25) is 11.7 Å². The van der Waals surface area contributed by atoms with Crippen LogP contribution >= 0.6 is 11.3 Å². The van der Waals surface area contributed by atoms with Crippen LogP contribution in [0, 0.1) is 0 Å². The molecule has 34 heavy (non-hydrogen) atoms. The van der Waals surface area contributed by atoms with Gasteiger partial charge in [0.15, 0.2) is 11.3 Å². The van der Waals surface area contributed by atoms with E-state index in [4.69, 9.17) is 18.4 Å².